The Morgan fingerprint density at radius 3 is 2.63 bits per heavy atom. The minimum atomic E-state index is -0.727. The molecule has 0 spiro atoms. The van der Waals surface area contributed by atoms with Crippen molar-refractivity contribution >= 4 is 53.8 Å². The van der Waals surface area contributed by atoms with Crippen molar-refractivity contribution in [3.8, 4) is 0 Å². The maximum Gasteiger partial charge on any atom is 0.206 e. The number of hydrogen-bond acceptors (Lipinski definition) is 3. The molecule has 0 unspecified atom stereocenters. The van der Waals surface area contributed by atoms with Crippen LogP contribution in [0.2, 0.25) is 0 Å². The van der Waals surface area contributed by atoms with Crippen molar-refractivity contribution in [3.63, 3.8) is 0 Å². The lowest BCUT2D eigenvalue weighted by atomic mass is 10.1. The maximum absolute atomic E-state index is 13.7. The number of carbonyl (C=O) groups is 1. The van der Waals surface area contributed by atoms with Gasteiger partial charge in [-0.05, 0) is 45.6 Å². The standard InChI is InChI=1S/C13H5BrF2OS2/c14-7-4-8(15)6(3-9(7)16)13(17)12-5-11-10(19-12)1-2-18-11/h1-5H. The van der Waals surface area contributed by atoms with Gasteiger partial charge in [0.25, 0.3) is 0 Å². The van der Waals surface area contributed by atoms with Crippen LogP contribution in [0.4, 0.5) is 8.78 Å². The molecule has 0 aliphatic carbocycles. The number of ketones is 1. The zero-order valence-corrected chi connectivity index (χ0v) is 12.5. The number of halogens is 3. The van der Waals surface area contributed by atoms with E-state index in [2.05, 4.69) is 15.9 Å². The SMILES string of the molecule is O=C(c1cc2sccc2s1)c1cc(F)c(Br)cc1F. The van der Waals surface area contributed by atoms with Gasteiger partial charge in [0.15, 0.2) is 0 Å². The second-order valence-corrected chi connectivity index (χ2v) is 6.72. The van der Waals surface area contributed by atoms with Crippen LogP contribution < -0.4 is 0 Å². The molecule has 0 saturated heterocycles. The highest BCUT2D eigenvalue weighted by molar-refractivity contribution is 9.10. The Labute approximate surface area is 123 Å². The van der Waals surface area contributed by atoms with E-state index in [9.17, 15) is 13.6 Å². The second kappa shape index (κ2) is 4.77. The molecule has 1 aromatic carbocycles. The zero-order valence-electron chi connectivity index (χ0n) is 9.25. The first-order chi connectivity index (χ1) is 9.06. The number of fused-ring (bicyclic) bond motifs is 1. The van der Waals surface area contributed by atoms with Crippen molar-refractivity contribution < 1.29 is 13.6 Å². The molecule has 6 heteroatoms. The van der Waals surface area contributed by atoms with Gasteiger partial charge in [-0.2, -0.15) is 0 Å². The van der Waals surface area contributed by atoms with Crippen LogP contribution in [0.15, 0.2) is 34.1 Å². The van der Waals surface area contributed by atoms with Gasteiger partial charge in [-0.25, -0.2) is 8.78 Å². The highest BCUT2D eigenvalue weighted by atomic mass is 79.9. The fourth-order valence-corrected chi connectivity index (χ4v) is 4.09. The second-order valence-electron chi connectivity index (χ2n) is 3.84. The van der Waals surface area contributed by atoms with Crippen LogP contribution in [0.5, 0.6) is 0 Å². The van der Waals surface area contributed by atoms with Gasteiger partial charge in [0.1, 0.15) is 11.6 Å². The van der Waals surface area contributed by atoms with E-state index < -0.39 is 17.4 Å². The third kappa shape index (κ3) is 2.24. The lowest BCUT2D eigenvalue weighted by molar-refractivity contribution is 0.103. The summed E-state index contributed by atoms with van der Waals surface area (Å²) in [5, 5.41) is 1.93. The molecule has 0 aliphatic heterocycles. The maximum atomic E-state index is 13.7. The summed E-state index contributed by atoms with van der Waals surface area (Å²) in [5.74, 6) is -1.87. The molecule has 3 rings (SSSR count). The normalized spacial score (nSPS) is 11.1. The van der Waals surface area contributed by atoms with Crippen LogP contribution in [0.3, 0.4) is 0 Å². The first-order valence-corrected chi connectivity index (χ1v) is 7.71. The number of carbonyl (C=O) groups excluding carboxylic acids is 1. The van der Waals surface area contributed by atoms with Gasteiger partial charge in [-0.1, -0.05) is 0 Å². The van der Waals surface area contributed by atoms with Crippen molar-refractivity contribution in [1.82, 2.24) is 0 Å². The van der Waals surface area contributed by atoms with Gasteiger partial charge < -0.3 is 0 Å². The molecule has 19 heavy (non-hydrogen) atoms. The number of benzene rings is 1. The van der Waals surface area contributed by atoms with Crippen LogP contribution in [0, 0.1) is 11.6 Å². The third-order valence-corrected chi connectivity index (χ3v) is 5.32. The monoisotopic (exact) mass is 358 g/mol. The smallest absolute Gasteiger partial charge is 0.206 e. The minimum absolute atomic E-state index is 0.00807. The molecule has 0 N–H and O–H groups in total. The number of rotatable bonds is 2. The Morgan fingerprint density at radius 1 is 1.11 bits per heavy atom. The third-order valence-electron chi connectivity index (χ3n) is 2.62. The Morgan fingerprint density at radius 2 is 1.89 bits per heavy atom. The van der Waals surface area contributed by atoms with Gasteiger partial charge in [0, 0.05) is 9.40 Å². The Hall–Kier alpha value is -1.11. The summed E-state index contributed by atoms with van der Waals surface area (Å²) in [7, 11) is 0. The largest absolute Gasteiger partial charge is 0.288 e. The average molecular weight is 359 g/mol. The molecule has 0 aliphatic rings. The Balaban J connectivity index is 2.09. The van der Waals surface area contributed by atoms with E-state index in [-0.39, 0.29) is 10.0 Å². The molecule has 0 saturated carbocycles. The van der Waals surface area contributed by atoms with E-state index >= 15 is 0 Å². The molecular weight excluding hydrogens is 354 g/mol. The van der Waals surface area contributed by atoms with Gasteiger partial charge >= 0.3 is 0 Å². The van der Waals surface area contributed by atoms with Gasteiger partial charge in [-0.15, -0.1) is 22.7 Å². The predicted molar refractivity (Wildman–Crippen MR) is 77.2 cm³/mol. The summed E-state index contributed by atoms with van der Waals surface area (Å²) >= 11 is 5.68. The van der Waals surface area contributed by atoms with E-state index in [0.29, 0.717) is 4.88 Å². The predicted octanol–water partition coefficient (Wildman–Crippen LogP) is 5.23. The molecular formula is C13H5BrF2OS2. The lowest BCUT2D eigenvalue weighted by Crippen LogP contribution is -2.03. The van der Waals surface area contributed by atoms with E-state index in [0.717, 1.165) is 21.5 Å². The van der Waals surface area contributed by atoms with Crippen LogP contribution in [-0.4, -0.2) is 5.78 Å². The van der Waals surface area contributed by atoms with Crippen LogP contribution in [0.25, 0.3) is 9.40 Å². The lowest BCUT2D eigenvalue weighted by Gasteiger charge is -2.02. The van der Waals surface area contributed by atoms with E-state index in [1.54, 1.807) is 6.07 Å². The average Bonchev–Trinajstić information content (AvgIpc) is 2.93. The summed E-state index contributed by atoms with van der Waals surface area (Å²) in [6, 6.07) is 5.51. The van der Waals surface area contributed by atoms with Crippen molar-refractivity contribution in [2.24, 2.45) is 0 Å². The van der Waals surface area contributed by atoms with Crippen LogP contribution in [0.1, 0.15) is 15.2 Å². The first kappa shape index (κ1) is 12.9. The van der Waals surface area contributed by atoms with Crippen molar-refractivity contribution in [2.75, 3.05) is 0 Å². The molecule has 0 bridgehead atoms. The molecule has 96 valence electrons. The highest BCUT2D eigenvalue weighted by Crippen LogP contribution is 2.32. The summed E-state index contributed by atoms with van der Waals surface area (Å²) in [4.78, 5) is 12.6. The van der Waals surface area contributed by atoms with Crippen LogP contribution >= 0.6 is 38.6 Å². The van der Waals surface area contributed by atoms with Gasteiger partial charge in [0.2, 0.25) is 5.78 Å². The van der Waals surface area contributed by atoms with E-state index in [1.807, 2.05) is 11.4 Å². The fraction of sp³-hybridized carbons (Fsp3) is 0. The topological polar surface area (TPSA) is 17.1 Å². The summed E-state index contributed by atoms with van der Waals surface area (Å²) < 4.78 is 29.1. The van der Waals surface area contributed by atoms with Crippen LogP contribution in [-0.2, 0) is 0 Å². The molecule has 0 atom stereocenters. The Kier molecular flexibility index (Phi) is 3.24. The van der Waals surface area contributed by atoms with Crippen molar-refractivity contribution in [3.05, 3.63) is 56.2 Å². The highest BCUT2D eigenvalue weighted by Gasteiger charge is 2.19. The molecule has 2 aromatic heterocycles. The van der Waals surface area contributed by atoms with Crippen molar-refractivity contribution in [1.29, 1.82) is 0 Å². The first-order valence-electron chi connectivity index (χ1n) is 5.22. The number of thiophene rings is 2. The minimum Gasteiger partial charge on any atom is -0.288 e. The summed E-state index contributed by atoms with van der Waals surface area (Å²) in [6.07, 6.45) is 0. The summed E-state index contributed by atoms with van der Waals surface area (Å²) in [6.45, 7) is 0. The number of hydrogen-bond donors (Lipinski definition) is 0. The van der Waals surface area contributed by atoms with Gasteiger partial charge in [-0.3, -0.25) is 4.79 Å². The molecule has 2 heterocycles. The van der Waals surface area contributed by atoms with E-state index in [1.165, 1.54) is 22.7 Å². The molecule has 3 aromatic rings. The van der Waals surface area contributed by atoms with Gasteiger partial charge in [0.05, 0.1) is 14.9 Å². The zero-order chi connectivity index (χ0) is 13.6. The van der Waals surface area contributed by atoms with Crippen molar-refractivity contribution in [2.45, 2.75) is 0 Å². The molecule has 0 fully saturated rings. The van der Waals surface area contributed by atoms with E-state index in [4.69, 9.17) is 0 Å². The molecule has 0 radical (unpaired) electrons. The summed E-state index contributed by atoms with van der Waals surface area (Å²) in [5.41, 5.74) is -0.241. The molecule has 1 nitrogen and oxygen atoms in total. The molecule has 0 amide bonds. The fourth-order valence-electron chi connectivity index (χ4n) is 1.71. The quantitative estimate of drug-likeness (QED) is 0.452. The Bertz CT molecular complexity index is 763.